The third-order valence-corrected chi connectivity index (χ3v) is 7.45. The van der Waals surface area contributed by atoms with Gasteiger partial charge in [-0.25, -0.2) is 0 Å². The molecule has 0 saturated heterocycles. The SMILES string of the molecule is CC(C)(C)c1cccc(-n2c3ccccc3c3ccc4c5ccccc5n(-c5ccccc5)c4c32)c1. The van der Waals surface area contributed by atoms with E-state index < -0.39 is 0 Å². The van der Waals surface area contributed by atoms with Crippen molar-refractivity contribution in [2.75, 3.05) is 0 Å². The third-order valence-electron chi connectivity index (χ3n) is 7.45. The second-order valence-corrected chi connectivity index (χ2v) is 10.7. The Morgan fingerprint density at radius 2 is 0.944 bits per heavy atom. The van der Waals surface area contributed by atoms with Gasteiger partial charge in [0.2, 0.25) is 0 Å². The first-order valence-corrected chi connectivity index (χ1v) is 12.6. The molecule has 0 bridgehead atoms. The van der Waals surface area contributed by atoms with Crippen molar-refractivity contribution < 1.29 is 0 Å². The van der Waals surface area contributed by atoms with E-state index in [2.05, 4.69) is 145 Å². The van der Waals surface area contributed by atoms with Crippen LogP contribution >= 0.6 is 0 Å². The highest BCUT2D eigenvalue weighted by Gasteiger charge is 2.21. The average Bonchev–Trinajstić information content (AvgIpc) is 3.42. The number of hydrogen-bond acceptors (Lipinski definition) is 0. The van der Waals surface area contributed by atoms with Gasteiger partial charge in [0.15, 0.2) is 0 Å². The molecule has 0 aliphatic rings. The summed E-state index contributed by atoms with van der Waals surface area (Å²) in [6.45, 7) is 6.84. The van der Waals surface area contributed by atoms with Crippen molar-refractivity contribution in [1.82, 2.24) is 9.13 Å². The second-order valence-electron chi connectivity index (χ2n) is 10.7. The number of rotatable bonds is 2. The fourth-order valence-electron chi connectivity index (χ4n) is 5.73. The average molecular weight is 465 g/mol. The van der Waals surface area contributed by atoms with Crippen LogP contribution in [0.4, 0.5) is 0 Å². The number of aromatic nitrogens is 2. The molecule has 2 aromatic heterocycles. The Labute approximate surface area is 211 Å². The van der Waals surface area contributed by atoms with E-state index in [1.807, 2.05) is 0 Å². The van der Waals surface area contributed by atoms with Crippen LogP contribution in [0.1, 0.15) is 26.3 Å². The second kappa shape index (κ2) is 7.60. The normalized spacial score (nSPS) is 12.3. The first kappa shape index (κ1) is 21.0. The molecule has 0 spiro atoms. The summed E-state index contributed by atoms with van der Waals surface area (Å²) in [5.74, 6) is 0. The molecule has 2 heteroatoms. The molecule has 0 aliphatic carbocycles. The predicted octanol–water partition coefficient (Wildman–Crippen LogP) is 9.18. The Morgan fingerprint density at radius 1 is 0.444 bits per heavy atom. The van der Waals surface area contributed by atoms with Gasteiger partial charge in [0.05, 0.1) is 22.1 Å². The van der Waals surface area contributed by atoms with Crippen LogP contribution in [0.3, 0.4) is 0 Å². The van der Waals surface area contributed by atoms with Gasteiger partial charge in [-0.2, -0.15) is 0 Å². The summed E-state index contributed by atoms with van der Waals surface area (Å²) < 4.78 is 4.91. The van der Waals surface area contributed by atoms with Gasteiger partial charge in [0, 0.05) is 32.9 Å². The molecular weight excluding hydrogens is 436 g/mol. The van der Waals surface area contributed by atoms with Crippen molar-refractivity contribution >= 4 is 43.6 Å². The van der Waals surface area contributed by atoms with E-state index in [9.17, 15) is 0 Å². The molecule has 174 valence electrons. The molecule has 7 rings (SSSR count). The molecule has 7 aromatic rings. The lowest BCUT2D eigenvalue weighted by molar-refractivity contribution is 0.590. The molecule has 0 aliphatic heterocycles. The Hall–Kier alpha value is -4.30. The minimum absolute atomic E-state index is 0.0724. The first-order valence-electron chi connectivity index (χ1n) is 12.6. The lowest BCUT2D eigenvalue weighted by Crippen LogP contribution is -2.11. The maximum atomic E-state index is 2.47. The molecule has 0 fully saturated rings. The van der Waals surface area contributed by atoms with Gasteiger partial charge in [-0.3, -0.25) is 0 Å². The summed E-state index contributed by atoms with van der Waals surface area (Å²) in [6, 6.07) is 42.0. The van der Waals surface area contributed by atoms with Crippen molar-refractivity contribution in [3.05, 3.63) is 121 Å². The maximum absolute atomic E-state index is 2.47. The molecule has 0 amide bonds. The minimum Gasteiger partial charge on any atom is -0.307 e. The zero-order valence-corrected chi connectivity index (χ0v) is 20.9. The Bertz CT molecular complexity index is 1910. The lowest BCUT2D eigenvalue weighted by Gasteiger charge is -2.20. The molecule has 0 radical (unpaired) electrons. The molecule has 0 unspecified atom stereocenters. The summed E-state index contributed by atoms with van der Waals surface area (Å²) >= 11 is 0. The van der Waals surface area contributed by atoms with E-state index in [0.29, 0.717) is 0 Å². The van der Waals surface area contributed by atoms with Crippen molar-refractivity contribution in [2.45, 2.75) is 26.2 Å². The monoisotopic (exact) mass is 464 g/mol. The number of para-hydroxylation sites is 3. The van der Waals surface area contributed by atoms with Crippen LogP contribution in [0.15, 0.2) is 115 Å². The van der Waals surface area contributed by atoms with Gasteiger partial charge in [-0.1, -0.05) is 99.6 Å². The van der Waals surface area contributed by atoms with Gasteiger partial charge >= 0.3 is 0 Å². The largest absolute Gasteiger partial charge is 0.307 e. The summed E-state index contributed by atoms with van der Waals surface area (Å²) in [7, 11) is 0. The summed E-state index contributed by atoms with van der Waals surface area (Å²) in [6.07, 6.45) is 0. The molecule has 0 saturated carbocycles. The Balaban J connectivity index is 1.74. The number of nitrogens with zero attached hydrogens (tertiary/aromatic N) is 2. The van der Waals surface area contributed by atoms with Gasteiger partial charge < -0.3 is 9.13 Å². The van der Waals surface area contributed by atoms with Crippen molar-refractivity contribution in [3.63, 3.8) is 0 Å². The van der Waals surface area contributed by atoms with Crippen molar-refractivity contribution in [3.8, 4) is 11.4 Å². The van der Waals surface area contributed by atoms with Crippen LogP contribution in [-0.4, -0.2) is 9.13 Å². The van der Waals surface area contributed by atoms with E-state index in [-0.39, 0.29) is 5.41 Å². The fraction of sp³-hybridized carbons (Fsp3) is 0.118. The zero-order valence-electron chi connectivity index (χ0n) is 20.9. The summed E-state index contributed by atoms with van der Waals surface area (Å²) in [4.78, 5) is 0. The van der Waals surface area contributed by atoms with E-state index in [0.717, 1.165) is 0 Å². The van der Waals surface area contributed by atoms with Crippen LogP contribution < -0.4 is 0 Å². The molecule has 0 N–H and O–H groups in total. The molecule has 5 aromatic carbocycles. The van der Waals surface area contributed by atoms with Crippen molar-refractivity contribution in [2.24, 2.45) is 0 Å². The molecular formula is C34H28N2. The highest BCUT2D eigenvalue weighted by molar-refractivity contribution is 6.23. The number of fused-ring (bicyclic) bond motifs is 7. The van der Waals surface area contributed by atoms with E-state index in [4.69, 9.17) is 0 Å². The van der Waals surface area contributed by atoms with Gasteiger partial charge in [0.1, 0.15) is 0 Å². The highest BCUT2D eigenvalue weighted by atomic mass is 15.0. The minimum atomic E-state index is 0.0724. The Morgan fingerprint density at radius 3 is 1.53 bits per heavy atom. The predicted molar refractivity (Wildman–Crippen MR) is 154 cm³/mol. The van der Waals surface area contributed by atoms with Gasteiger partial charge in [-0.05, 0) is 47.4 Å². The van der Waals surface area contributed by atoms with Crippen LogP contribution in [-0.2, 0) is 5.41 Å². The molecule has 0 atom stereocenters. The standard InChI is InChI=1S/C34H28N2/c1-34(2,3)23-12-11-15-25(22-23)36-31-19-10-8-17-27(31)29-21-20-28-26-16-7-9-18-30(26)35(32(28)33(29)36)24-13-5-4-6-14-24/h4-22H,1-3H3. The molecule has 36 heavy (non-hydrogen) atoms. The zero-order chi connectivity index (χ0) is 24.4. The van der Waals surface area contributed by atoms with Crippen LogP contribution in [0.5, 0.6) is 0 Å². The van der Waals surface area contributed by atoms with Gasteiger partial charge in [-0.15, -0.1) is 0 Å². The van der Waals surface area contributed by atoms with E-state index in [1.165, 1.54) is 60.5 Å². The van der Waals surface area contributed by atoms with Crippen LogP contribution in [0, 0.1) is 0 Å². The first-order chi connectivity index (χ1) is 17.5. The van der Waals surface area contributed by atoms with Gasteiger partial charge in [0.25, 0.3) is 0 Å². The topological polar surface area (TPSA) is 9.86 Å². The number of hydrogen-bond donors (Lipinski definition) is 0. The van der Waals surface area contributed by atoms with Crippen molar-refractivity contribution in [1.29, 1.82) is 0 Å². The maximum Gasteiger partial charge on any atom is 0.0788 e. The fourth-order valence-corrected chi connectivity index (χ4v) is 5.73. The summed E-state index contributed by atoms with van der Waals surface area (Å²) in [5.41, 5.74) is 8.74. The third kappa shape index (κ3) is 2.97. The molecule has 2 nitrogen and oxygen atoms in total. The van der Waals surface area contributed by atoms with Crippen LogP contribution in [0.2, 0.25) is 0 Å². The summed E-state index contributed by atoms with van der Waals surface area (Å²) in [5, 5.41) is 5.11. The van der Waals surface area contributed by atoms with Crippen LogP contribution in [0.25, 0.3) is 55.0 Å². The molecule has 2 heterocycles. The van der Waals surface area contributed by atoms with E-state index in [1.54, 1.807) is 0 Å². The van der Waals surface area contributed by atoms with E-state index >= 15 is 0 Å². The lowest BCUT2D eigenvalue weighted by atomic mass is 9.87. The smallest absolute Gasteiger partial charge is 0.0788 e. The number of benzene rings is 5. The quantitative estimate of drug-likeness (QED) is 0.241. The highest BCUT2D eigenvalue weighted by Crippen LogP contribution is 2.41. The Kier molecular flexibility index (Phi) is 4.44.